The number of sulfonamides is 1. The minimum Gasteiger partial charge on any atom is -0.494 e. The Bertz CT molecular complexity index is 1290. The number of nitrogens with zero attached hydrogens (tertiary/aromatic N) is 3. The fourth-order valence-electron chi connectivity index (χ4n) is 4.18. The van der Waals surface area contributed by atoms with Gasteiger partial charge < -0.3 is 19.9 Å². The van der Waals surface area contributed by atoms with E-state index in [1.165, 1.54) is 12.1 Å². The number of carbonyl (C=O) groups is 1. The maximum absolute atomic E-state index is 13.6. The zero-order valence-electron chi connectivity index (χ0n) is 21.6. The maximum Gasteiger partial charge on any atom is 0.264 e. The number of aryl methyl sites for hydroxylation is 1. The van der Waals surface area contributed by atoms with Gasteiger partial charge in [-0.3, -0.25) is 9.10 Å². The van der Waals surface area contributed by atoms with Gasteiger partial charge in [0.15, 0.2) is 0 Å². The Morgan fingerprint density at radius 3 is 2.14 bits per heavy atom. The summed E-state index contributed by atoms with van der Waals surface area (Å²) in [5.74, 6) is 0.156. The molecule has 1 aliphatic heterocycles. The molecule has 1 fully saturated rings. The highest BCUT2D eigenvalue weighted by molar-refractivity contribution is 7.92. The third-order valence-electron chi connectivity index (χ3n) is 6.35. The van der Waals surface area contributed by atoms with Crippen molar-refractivity contribution in [1.82, 2.24) is 4.90 Å². The second kappa shape index (κ2) is 11.7. The number of likely N-dealkylation sites (N-methyl/N-ethyl adjacent to an activating group) is 1. The lowest BCUT2D eigenvalue weighted by molar-refractivity contribution is -0.114. The molecular formula is C28H34N4O4S. The average Bonchev–Trinajstić information content (AvgIpc) is 2.89. The first-order chi connectivity index (χ1) is 17.8. The van der Waals surface area contributed by atoms with E-state index in [0.717, 1.165) is 41.7 Å². The molecule has 37 heavy (non-hydrogen) atoms. The zero-order valence-corrected chi connectivity index (χ0v) is 22.4. The Morgan fingerprint density at radius 2 is 1.54 bits per heavy atom. The molecule has 0 spiro atoms. The number of piperazine rings is 1. The van der Waals surface area contributed by atoms with Crippen molar-refractivity contribution >= 4 is 33.0 Å². The van der Waals surface area contributed by atoms with Crippen molar-refractivity contribution in [3.05, 3.63) is 78.4 Å². The van der Waals surface area contributed by atoms with Crippen LogP contribution in [0.25, 0.3) is 0 Å². The van der Waals surface area contributed by atoms with Gasteiger partial charge in [-0.2, -0.15) is 0 Å². The van der Waals surface area contributed by atoms with Gasteiger partial charge in [0.25, 0.3) is 10.0 Å². The Hall–Kier alpha value is -3.56. The summed E-state index contributed by atoms with van der Waals surface area (Å²) >= 11 is 0. The quantitative estimate of drug-likeness (QED) is 0.458. The Morgan fingerprint density at radius 1 is 0.919 bits per heavy atom. The van der Waals surface area contributed by atoms with E-state index < -0.39 is 15.9 Å². The zero-order chi connectivity index (χ0) is 26.4. The number of ether oxygens (including phenoxy) is 1. The molecule has 0 aromatic heterocycles. The lowest BCUT2D eigenvalue weighted by Gasteiger charge is -2.34. The third-order valence-corrected chi connectivity index (χ3v) is 8.14. The van der Waals surface area contributed by atoms with Crippen LogP contribution in [0.2, 0.25) is 0 Å². The van der Waals surface area contributed by atoms with Crippen LogP contribution in [0, 0.1) is 6.92 Å². The smallest absolute Gasteiger partial charge is 0.264 e. The second-order valence-corrected chi connectivity index (χ2v) is 11.0. The first-order valence-electron chi connectivity index (χ1n) is 12.4. The van der Waals surface area contributed by atoms with Crippen molar-refractivity contribution < 1.29 is 17.9 Å². The summed E-state index contributed by atoms with van der Waals surface area (Å²) in [6.45, 7) is 7.84. The predicted molar refractivity (Wildman–Crippen MR) is 148 cm³/mol. The number of rotatable bonds is 9. The number of carbonyl (C=O) groups excluding carboxylic acids is 1. The number of hydrogen-bond acceptors (Lipinski definition) is 6. The van der Waals surface area contributed by atoms with Crippen molar-refractivity contribution in [1.29, 1.82) is 0 Å². The number of hydrogen-bond donors (Lipinski definition) is 1. The molecule has 1 N–H and O–H groups in total. The molecule has 1 heterocycles. The molecular weight excluding hydrogens is 488 g/mol. The molecule has 0 atom stereocenters. The molecule has 0 saturated carbocycles. The van der Waals surface area contributed by atoms with Crippen LogP contribution in [0.4, 0.5) is 17.1 Å². The Balaban J connectivity index is 1.51. The first kappa shape index (κ1) is 26.5. The van der Waals surface area contributed by atoms with E-state index in [1.54, 1.807) is 24.3 Å². The summed E-state index contributed by atoms with van der Waals surface area (Å²) in [5, 5.41) is 2.85. The third kappa shape index (κ3) is 6.61. The van der Waals surface area contributed by atoms with Crippen LogP contribution in [0.3, 0.4) is 0 Å². The molecule has 9 heteroatoms. The Labute approximate surface area is 219 Å². The summed E-state index contributed by atoms with van der Waals surface area (Å²) in [5.41, 5.74) is 3.13. The van der Waals surface area contributed by atoms with Crippen LogP contribution in [0.1, 0.15) is 12.5 Å². The lowest BCUT2D eigenvalue weighted by Crippen LogP contribution is -2.44. The van der Waals surface area contributed by atoms with E-state index in [9.17, 15) is 13.2 Å². The monoisotopic (exact) mass is 522 g/mol. The topological polar surface area (TPSA) is 82.2 Å². The van der Waals surface area contributed by atoms with Crippen LogP contribution in [0.5, 0.6) is 5.75 Å². The summed E-state index contributed by atoms with van der Waals surface area (Å²) in [6, 6.07) is 21.0. The van der Waals surface area contributed by atoms with Gasteiger partial charge in [-0.1, -0.05) is 17.7 Å². The van der Waals surface area contributed by atoms with Crippen LogP contribution in [-0.4, -0.2) is 65.6 Å². The molecule has 3 aromatic carbocycles. The highest BCUT2D eigenvalue weighted by atomic mass is 32.2. The molecule has 0 bridgehead atoms. The van der Waals surface area contributed by atoms with Gasteiger partial charge in [-0.25, -0.2) is 8.42 Å². The number of amides is 1. The largest absolute Gasteiger partial charge is 0.494 e. The minimum atomic E-state index is -4.01. The van der Waals surface area contributed by atoms with E-state index in [4.69, 9.17) is 4.74 Å². The summed E-state index contributed by atoms with van der Waals surface area (Å²) < 4.78 is 33.8. The fourth-order valence-corrected chi connectivity index (χ4v) is 5.60. The summed E-state index contributed by atoms with van der Waals surface area (Å²) in [7, 11) is -1.89. The number of nitrogens with one attached hydrogen (secondary N) is 1. The summed E-state index contributed by atoms with van der Waals surface area (Å²) in [4.78, 5) is 17.7. The van der Waals surface area contributed by atoms with Gasteiger partial charge in [0.05, 0.1) is 17.2 Å². The molecule has 0 unspecified atom stereocenters. The van der Waals surface area contributed by atoms with E-state index in [-0.39, 0.29) is 11.4 Å². The maximum atomic E-state index is 13.6. The standard InChI is InChI=1S/C28H34N4O4S/c1-4-36-26-13-15-27(16-14-26)37(34,35)32(25-9-5-22(2)6-10-25)21-28(33)29-23-7-11-24(12-8-23)31-19-17-30(3)18-20-31/h5-16H,4,17-21H2,1-3H3,(H,29,33). The second-order valence-electron chi connectivity index (χ2n) is 9.14. The predicted octanol–water partition coefficient (Wildman–Crippen LogP) is 3.98. The molecule has 196 valence electrons. The molecule has 3 aromatic rings. The van der Waals surface area contributed by atoms with Crippen LogP contribution >= 0.6 is 0 Å². The van der Waals surface area contributed by atoms with Gasteiger partial charge in [0.2, 0.25) is 5.91 Å². The van der Waals surface area contributed by atoms with Crippen molar-refractivity contribution in [2.45, 2.75) is 18.7 Å². The van der Waals surface area contributed by atoms with Gasteiger partial charge in [0, 0.05) is 37.6 Å². The minimum absolute atomic E-state index is 0.0841. The van der Waals surface area contributed by atoms with Crippen LogP contribution < -0.4 is 19.3 Å². The highest BCUT2D eigenvalue weighted by Crippen LogP contribution is 2.26. The lowest BCUT2D eigenvalue weighted by atomic mass is 10.2. The normalized spacial score (nSPS) is 14.3. The van der Waals surface area contributed by atoms with Crippen molar-refractivity contribution in [3.63, 3.8) is 0 Å². The van der Waals surface area contributed by atoms with E-state index in [0.29, 0.717) is 23.7 Å². The van der Waals surface area contributed by atoms with Gasteiger partial charge in [0.1, 0.15) is 12.3 Å². The van der Waals surface area contributed by atoms with E-state index in [1.807, 2.05) is 50.2 Å². The molecule has 0 radical (unpaired) electrons. The van der Waals surface area contributed by atoms with Gasteiger partial charge >= 0.3 is 0 Å². The van der Waals surface area contributed by atoms with E-state index >= 15 is 0 Å². The number of anilines is 3. The molecule has 1 saturated heterocycles. The average molecular weight is 523 g/mol. The molecule has 1 amide bonds. The van der Waals surface area contributed by atoms with Gasteiger partial charge in [-0.15, -0.1) is 0 Å². The Kier molecular flexibility index (Phi) is 8.35. The molecule has 1 aliphatic rings. The van der Waals surface area contributed by atoms with Crippen LogP contribution in [0.15, 0.2) is 77.7 Å². The van der Waals surface area contributed by atoms with Crippen LogP contribution in [-0.2, 0) is 14.8 Å². The van der Waals surface area contributed by atoms with Gasteiger partial charge in [-0.05, 0) is 81.6 Å². The van der Waals surface area contributed by atoms with E-state index in [2.05, 4.69) is 22.2 Å². The highest BCUT2D eigenvalue weighted by Gasteiger charge is 2.27. The van der Waals surface area contributed by atoms with Crippen molar-refractivity contribution in [2.75, 3.05) is 60.9 Å². The number of benzene rings is 3. The fraction of sp³-hybridized carbons (Fsp3) is 0.321. The summed E-state index contributed by atoms with van der Waals surface area (Å²) in [6.07, 6.45) is 0. The van der Waals surface area contributed by atoms with Crippen molar-refractivity contribution in [2.24, 2.45) is 0 Å². The SMILES string of the molecule is CCOc1ccc(S(=O)(=O)N(CC(=O)Nc2ccc(N3CCN(C)CC3)cc2)c2ccc(C)cc2)cc1. The molecule has 0 aliphatic carbocycles. The van der Waals surface area contributed by atoms with Crippen molar-refractivity contribution in [3.8, 4) is 5.75 Å². The molecule has 8 nitrogen and oxygen atoms in total. The first-order valence-corrected chi connectivity index (χ1v) is 13.9. The molecule has 4 rings (SSSR count).